The third-order valence-electron chi connectivity index (χ3n) is 5.72. The number of benzene rings is 1. The van der Waals surface area contributed by atoms with Crippen molar-refractivity contribution in [2.75, 3.05) is 33.4 Å². The summed E-state index contributed by atoms with van der Waals surface area (Å²) in [6, 6.07) is 5.34. The quantitative estimate of drug-likeness (QED) is 0.535. The smallest absolute Gasteiger partial charge is 0.315 e. The molecule has 10 heteroatoms. The molecule has 0 aliphatic carbocycles. The lowest BCUT2D eigenvalue weighted by Crippen LogP contribution is -2.62. The Kier molecular flexibility index (Phi) is 8.03. The Morgan fingerprint density at radius 2 is 2.00 bits per heavy atom. The summed E-state index contributed by atoms with van der Waals surface area (Å²) in [5.41, 5.74) is 0.492. The number of amides is 4. The standard InChI is InChI=1S/C22H32FN5O4/c1-14(2)25-22(31)26-16-8-17-12-27(10-15-6-4-5-7-18(15)23)19(21(30)28(17)11-16)9-24-20(29)13-32-3/h4-7,14,16-17,19H,8-13H2,1-3H3,(H,24,29)(H2,25,26,31)/t16-,17-,19-/m0/s1. The van der Waals surface area contributed by atoms with Crippen LogP contribution in [0.1, 0.15) is 25.8 Å². The Bertz CT molecular complexity index is 836. The molecule has 0 unspecified atom stereocenters. The van der Waals surface area contributed by atoms with Gasteiger partial charge in [0.1, 0.15) is 18.5 Å². The molecule has 2 aliphatic rings. The molecule has 3 atom stereocenters. The van der Waals surface area contributed by atoms with E-state index in [9.17, 15) is 18.8 Å². The Morgan fingerprint density at radius 1 is 1.25 bits per heavy atom. The van der Waals surface area contributed by atoms with Gasteiger partial charge in [0.25, 0.3) is 0 Å². The molecular weight excluding hydrogens is 417 g/mol. The maximum Gasteiger partial charge on any atom is 0.315 e. The lowest BCUT2D eigenvalue weighted by molar-refractivity contribution is -0.144. The number of ether oxygens (including phenoxy) is 1. The number of rotatable bonds is 8. The van der Waals surface area contributed by atoms with Crippen molar-refractivity contribution in [2.45, 2.75) is 51.0 Å². The highest BCUT2D eigenvalue weighted by Crippen LogP contribution is 2.27. The van der Waals surface area contributed by atoms with Crippen LogP contribution < -0.4 is 16.0 Å². The largest absolute Gasteiger partial charge is 0.375 e. The minimum Gasteiger partial charge on any atom is -0.375 e. The van der Waals surface area contributed by atoms with E-state index in [0.29, 0.717) is 25.1 Å². The van der Waals surface area contributed by atoms with Crippen molar-refractivity contribution in [1.29, 1.82) is 0 Å². The van der Waals surface area contributed by atoms with Crippen LogP contribution in [0.3, 0.4) is 0 Å². The zero-order valence-corrected chi connectivity index (χ0v) is 18.8. The monoisotopic (exact) mass is 449 g/mol. The van der Waals surface area contributed by atoms with Crippen LogP contribution >= 0.6 is 0 Å². The predicted octanol–water partition coefficient (Wildman–Crippen LogP) is 0.450. The van der Waals surface area contributed by atoms with Gasteiger partial charge >= 0.3 is 6.03 Å². The Labute approximate surface area is 187 Å². The van der Waals surface area contributed by atoms with Gasteiger partial charge < -0.3 is 25.6 Å². The number of hydrogen-bond donors (Lipinski definition) is 3. The summed E-state index contributed by atoms with van der Waals surface area (Å²) >= 11 is 0. The summed E-state index contributed by atoms with van der Waals surface area (Å²) in [5, 5.41) is 8.46. The fourth-order valence-electron chi connectivity index (χ4n) is 4.33. The summed E-state index contributed by atoms with van der Waals surface area (Å²) < 4.78 is 19.1. The normalized spacial score (nSPS) is 23.2. The average Bonchev–Trinajstić information content (AvgIpc) is 3.11. The van der Waals surface area contributed by atoms with Gasteiger partial charge in [-0.15, -0.1) is 0 Å². The molecule has 176 valence electrons. The van der Waals surface area contributed by atoms with Gasteiger partial charge in [0.15, 0.2) is 0 Å². The molecule has 2 aliphatic heterocycles. The number of carbonyl (C=O) groups is 3. The van der Waals surface area contributed by atoms with Gasteiger partial charge in [-0.3, -0.25) is 14.5 Å². The highest BCUT2D eigenvalue weighted by atomic mass is 19.1. The summed E-state index contributed by atoms with van der Waals surface area (Å²) in [6.45, 7) is 4.94. The summed E-state index contributed by atoms with van der Waals surface area (Å²) in [7, 11) is 1.42. The number of halogens is 1. The number of hydrogen-bond acceptors (Lipinski definition) is 5. The van der Waals surface area contributed by atoms with Gasteiger partial charge in [-0.25, -0.2) is 9.18 Å². The van der Waals surface area contributed by atoms with Crippen molar-refractivity contribution in [3.63, 3.8) is 0 Å². The zero-order valence-electron chi connectivity index (χ0n) is 18.8. The molecule has 1 aromatic carbocycles. The third-order valence-corrected chi connectivity index (χ3v) is 5.72. The molecule has 3 rings (SSSR count). The van der Waals surface area contributed by atoms with Gasteiger partial charge in [0.05, 0.1) is 6.04 Å². The minimum atomic E-state index is -0.630. The second-order valence-electron chi connectivity index (χ2n) is 8.62. The van der Waals surface area contributed by atoms with Crippen molar-refractivity contribution in [1.82, 2.24) is 25.8 Å². The molecule has 2 fully saturated rings. The molecule has 0 radical (unpaired) electrons. The molecule has 1 aromatic rings. The Hall–Kier alpha value is -2.72. The Balaban J connectivity index is 1.73. The first kappa shape index (κ1) is 23.9. The average molecular weight is 450 g/mol. The molecule has 9 nitrogen and oxygen atoms in total. The highest BCUT2D eigenvalue weighted by molar-refractivity contribution is 5.85. The van der Waals surface area contributed by atoms with E-state index < -0.39 is 6.04 Å². The first-order valence-electron chi connectivity index (χ1n) is 10.9. The van der Waals surface area contributed by atoms with E-state index in [1.165, 1.54) is 13.2 Å². The third kappa shape index (κ3) is 5.95. The molecule has 2 heterocycles. The maximum absolute atomic E-state index is 14.3. The van der Waals surface area contributed by atoms with E-state index in [1.54, 1.807) is 23.1 Å². The van der Waals surface area contributed by atoms with Crippen LogP contribution in [-0.2, 0) is 20.9 Å². The number of nitrogens with one attached hydrogen (secondary N) is 3. The maximum atomic E-state index is 14.3. The topological polar surface area (TPSA) is 103 Å². The van der Waals surface area contributed by atoms with E-state index >= 15 is 0 Å². The van der Waals surface area contributed by atoms with Crippen molar-refractivity contribution in [3.05, 3.63) is 35.6 Å². The first-order valence-corrected chi connectivity index (χ1v) is 10.9. The molecule has 32 heavy (non-hydrogen) atoms. The van der Waals surface area contributed by atoms with Crippen LogP contribution in [0.15, 0.2) is 24.3 Å². The van der Waals surface area contributed by atoms with Crippen LogP contribution in [0.4, 0.5) is 9.18 Å². The number of carbonyl (C=O) groups excluding carboxylic acids is 3. The minimum absolute atomic E-state index is 0.0111. The number of piperazine rings is 1. The summed E-state index contributed by atoms with van der Waals surface area (Å²) in [5.74, 6) is -0.788. The van der Waals surface area contributed by atoms with Crippen LogP contribution in [0, 0.1) is 5.82 Å². The lowest BCUT2D eigenvalue weighted by Gasteiger charge is -2.42. The van der Waals surface area contributed by atoms with Crippen molar-refractivity contribution < 1.29 is 23.5 Å². The van der Waals surface area contributed by atoms with Crippen molar-refractivity contribution >= 4 is 17.8 Å². The van der Waals surface area contributed by atoms with Crippen molar-refractivity contribution in [2.24, 2.45) is 0 Å². The van der Waals surface area contributed by atoms with Gasteiger partial charge in [-0.05, 0) is 26.3 Å². The van der Waals surface area contributed by atoms with E-state index in [-0.39, 0.29) is 61.5 Å². The van der Waals surface area contributed by atoms with Crippen molar-refractivity contribution in [3.8, 4) is 0 Å². The van der Waals surface area contributed by atoms with Gasteiger partial charge in [-0.1, -0.05) is 18.2 Å². The fourth-order valence-corrected chi connectivity index (χ4v) is 4.33. The molecule has 3 N–H and O–H groups in total. The number of fused-ring (bicyclic) bond motifs is 1. The SMILES string of the molecule is COCC(=O)NC[C@H]1C(=O)N2C[C@@H](NC(=O)NC(C)C)C[C@H]2CN1Cc1ccccc1F. The van der Waals surface area contributed by atoms with Gasteiger partial charge in [0.2, 0.25) is 11.8 Å². The highest BCUT2D eigenvalue weighted by Gasteiger charge is 2.45. The molecule has 4 amide bonds. The summed E-state index contributed by atoms with van der Waals surface area (Å²) in [6.07, 6.45) is 0.619. The number of nitrogens with zero attached hydrogens (tertiary/aromatic N) is 2. The van der Waals surface area contributed by atoms with Crippen LogP contribution in [0.25, 0.3) is 0 Å². The van der Waals surface area contributed by atoms with Crippen LogP contribution in [0.2, 0.25) is 0 Å². The van der Waals surface area contributed by atoms with Gasteiger partial charge in [0, 0.05) is 50.9 Å². The molecular formula is C22H32FN5O4. The van der Waals surface area contributed by atoms with E-state index in [4.69, 9.17) is 4.74 Å². The molecule has 2 saturated heterocycles. The predicted molar refractivity (Wildman–Crippen MR) is 116 cm³/mol. The summed E-state index contributed by atoms with van der Waals surface area (Å²) in [4.78, 5) is 41.0. The first-order chi connectivity index (χ1) is 15.3. The van der Waals surface area contributed by atoms with Gasteiger partial charge in [-0.2, -0.15) is 0 Å². The molecule has 0 spiro atoms. The molecule has 0 bridgehead atoms. The van der Waals surface area contributed by atoms with E-state index in [0.717, 1.165) is 0 Å². The molecule has 0 saturated carbocycles. The second kappa shape index (κ2) is 10.7. The van der Waals surface area contributed by atoms with Crippen LogP contribution in [0.5, 0.6) is 0 Å². The number of urea groups is 1. The second-order valence-corrected chi connectivity index (χ2v) is 8.62. The molecule has 0 aromatic heterocycles. The van der Waals surface area contributed by atoms with E-state index in [2.05, 4.69) is 16.0 Å². The zero-order chi connectivity index (χ0) is 23.3. The number of methoxy groups -OCH3 is 1. The fraction of sp³-hybridized carbons (Fsp3) is 0.591. The Morgan fingerprint density at radius 3 is 2.69 bits per heavy atom. The lowest BCUT2D eigenvalue weighted by atomic mass is 10.0. The van der Waals surface area contributed by atoms with Crippen LogP contribution in [-0.4, -0.2) is 85.2 Å². The van der Waals surface area contributed by atoms with E-state index in [1.807, 2.05) is 18.7 Å².